The Labute approximate surface area is 186 Å². The average molecular weight is 444 g/mol. The normalized spacial score (nSPS) is 11.9. The number of benzene rings is 2. The molecule has 1 N–H and O–H groups in total. The first-order valence-corrected chi connectivity index (χ1v) is 10.2. The first-order valence-electron chi connectivity index (χ1n) is 10.2. The fourth-order valence-electron chi connectivity index (χ4n) is 2.84. The highest BCUT2D eigenvalue weighted by atomic mass is 16.6. The minimum Gasteiger partial charge on any atom is -0.489 e. The Kier molecular flexibility index (Phi) is 8.57. The molecule has 2 rings (SSSR count). The molecule has 0 radical (unpaired) electrons. The summed E-state index contributed by atoms with van der Waals surface area (Å²) in [6.45, 7) is 7.05. The first kappa shape index (κ1) is 24.6. The van der Waals surface area contributed by atoms with Gasteiger partial charge >= 0.3 is 12.1 Å². The fourth-order valence-corrected chi connectivity index (χ4v) is 2.84. The van der Waals surface area contributed by atoms with Crippen molar-refractivity contribution in [2.75, 3.05) is 6.61 Å². The van der Waals surface area contributed by atoms with Crippen LogP contribution in [0, 0.1) is 10.1 Å². The second kappa shape index (κ2) is 11.1. The number of amides is 1. The minimum absolute atomic E-state index is 0.0909. The molecule has 0 saturated heterocycles. The van der Waals surface area contributed by atoms with Gasteiger partial charge in [0.15, 0.2) is 0 Å². The van der Waals surface area contributed by atoms with Crippen LogP contribution in [0.1, 0.15) is 38.8 Å². The van der Waals surface area contributed by atoms with Crippen LogP contribution in [0.2, 0.25) is 0 Å². The van der Waals surface area contributed by atoms with Crippen LogP contribution in [0.3, 0.4) is 0 Å². The Morgan fingerprint density at radius 2 is 1.81 bits per heavy atom. The Morgan fingerprint density at radius 3 is 2.41 bits per heavy atom. The first-order chi connectivity index (χ1) is 15.1. The zero-order chi connectivity index (χ0) is 23.7. The molecule has 0 heterocycles. The summed E-state index contributed by atoms with van der Waals surface area (Å²) in [5.74, 6) is -0.322. The molecule has 0 aliphatic rings. The number of rotatable bonds is 9. The van der Waals surface area contributed by atoms with Gasteiger partial charge in [-0.15, -0.1) is 0 Å². The van der Waals surface area contributed by atoms with Crippen LogP contribution in [0.25, 0.3) is 0 Å². The number of carbonyl (C=O) groups excluding carboxylic acids is 2. The third kappa shape index (κ3) is 7.90. The number of esters is 1. The Morgan fingerprint density at radius 1 is 1.12 bits per heavy atom. The fraction of sp³-hybridized carbons (Fsp3) is 0.391. The third-order valence-corrected chi connectivity index (χ3v) is 4.18. The highest BCUT2D eigenvalue weighted by Gasteiger charge is 2.28. The summed E-state index contributed by atoms with van der Waals surface area (Å²) < 4.78 is 16.0. The van der Waals surface area contributed by atoms with Crippen LogP contribution < -0.4 is 10.1 Å². The number of alkyl carbamates (subject to hydrolysis) is 1. The molecule has 2 aromatic carbocycles. The molecule has 172 valence electrons. The van der Waals surface area contributed by atoms with Crippen molar-refractivity contribution in [2.45, 2.75) is 52.4 Å². The predicted octanol–water partition coefficient (Wildman–Crippen LogP) is 4.17. The maximum atomic E-state index is 12.4. The van der Waals surface area contributed by atoms with Crippen LogP contribution in [0.15, 0.2) is 48.5 Å². The summed E-state index contributed by atoms with van der Waals surface area (Å²) in [6, 6.07) is 12.6. The van der Waals surface area contributed by atoms with Crippen LogP contribution in [-0.2, 0) is 27.3 Å². The van der Waals surface area contributed by atoms with Crippen molar-refractivity contribution in [3.63, 3.8) is 0 Å². The zero-order valence-corrected chi connectivity index (χ0v) is 18.6. The number of nitrogens with one attached hydrogen (secondary N) is 1. The number of ether oxygens (including phenoxy) is 3. The van der Waals surface area contributed by atoms with Gasteiger partial charge in [0.1, 0.15) is 24.0 Å². The lowest BCUT2D eigenvalue weighted by atomic mass is 10.0. The van der Waals surface area contributed by atoms with E-state index >= 15 is 0 Å². The summed E-state index contributed by atoms with van der Waals surface area (Å²) in [5.41, 5.74) is 0.177. The Bertz CT molecular complexity index is 939. The third-order valence-electron chi connectivity index (χ3n) is 4.18. The van der Waals surface area contributed by atoms with Crippen molar-refractivity contribution in [3.8, 4) is 5.75 Å². The number of carbonyl (C=O) groups is 2. The smallest absolute Gasteiger partial charge is 0.408 e. The molecule has 0 aromatic heterocycles. The summed E-state index contributed by atoms with van der Waals surface area (Å²) in [5, 5.41) is 14.0. The second-order valence-electron chi connectivity index (χ2n) is 7.98. The molecular weight excluding hydrogens is 416 g/mol. The standard InChI is InChI=1S/C23H28N2O7/c1-5-30-21(26)19(24-22(27)32-23(2,3)4)14-17-13-18(11-12-20(17)25(28)29)31-15-16-9-7-6-8-10-16/h6-13,19H,5,14-15H2,1-4H3,(H,24,27). The van der Waals surface area contributed by atoms with E-state index in [1.807, 2.05) is 30.3 Å². The molecule has 9 nitrogen and oxygen atoms in total. The number of nitro benzene ring substituents is 1. The molecule has 2 aromatic rings. The van der Waals surface area contributed by atoms with Crippen LogP contribution >= 0.6 is 0 Å². The molecule has 0 saturated carbocycles. The summed E-state index contributed by atoms with van der Waals surface area (Å²) in [4.78, 5) is 35.6. The van der Waals surface area contributed by atoms with E-state index in [4.69, 9.17) is 14.2 Å². The van der Waals surface area contributed by atoms with Crippen molar-refractivity contribution in [3.05, 3.63) is 69.8 Å². The van der Waals surface area contributed by atoms with E-state index in [2.05, 4.69) is 5.32 Å². The lowest BCUT2D eigenvalue weighted by Gasteiger charge is -2.23. The van der Waals surface area contributed by atoms with Gasteiger partial charge in [0.05, 0.1) is 11.5 Å². The second-order valence-corrected chi connectivity index (χ2v) is 7.98. The van der Waals surface area contributed by atoms with Gasteiger partial charge in [-0.25, -0.2) is 9.59 Å². The lowest BCUT2D eigenvalue weighted by molar-refractivity contribution is -0.385. The zero-order valence-electron chi connectivity index (χ0n) is 18.6. The largest absolute Gasteiger partial charge is 0.489 e. The number of nitro groups is 1. The van der Waals surface area contributed by atoms with Gasteiger partial charge in [0.2, 0.25) is 0 Å². The van der Waals surface area contributed by atoms with E-state index in [-0.39, 0.29) is 30.9 Å². The maximum Gasteiger partial charge on any atom is 0.408 e. The van der Waals surface area contributed by atoms with Crippen LogP contribution in [0.4, 0.5) is 10.5 Å². The summed E-state index contributed by atoms with van der Waals surface area (Å²) in [6.07, 6.45) is -0.994. The van der Waals surface area contributed by atoms with Crippen LogP contribution in [-0.4, -0.2) is 35.2 Å². The quantitative estimate of drug-likeness (QED) is 0.350. The number of nitrogens with zero attached hydrogens (tertiary/aromatic N) is 1. The van der Waals surface area contributed by atoms with Gasteiger partial charge in [-0.3, -0.25) is 10.1 Å². The predicted molar refractivity (Wildman–Crippen MR) is 117 cm³/mol. The molecule has 1 unspecified atom stereocenters. The molecule has 0 aliphatic heterocycles. The Balaban J connectivity index is 2.25. The average Bonchev–Trinajstić information content (AvgIpc) is 2.71. The molecule has 32 heavy (non-hydrogen) atoms. The van der Waals surface area contributed by atoms with Crippen molar-refractivity contribution in [1.29, 1.82) is 0 Å². The minimum atomic E-state index is -1.17. The number of hydrogen-bond donors (Lipinski definition) is 1. The molecule has 0 aliphatic carbocycles. The highest BCUT2D eigenvalue weighted by molar-refractivity contribution is 5.82. The molecule has 1 atom stereocenters. The van der Waals surface area contributed by atoms with E-state index in [1.165, 1.54) is 18.2 Å². The van der Waals surface area contributed by atoms with E-state index in [0.717, 1.165) is 5.56 Å². The molecule has 0 bridgehead atoms. The molecular formula is C23H28N2O7. The van der Waals surface area contributed by atoms with Gasteiger partial charge in [-0.05, 0) is 45.4 Å². The van der Waals surface area contributed by atoms with E-state index < -0.39 is 28.6 Å². The topological polar surface area (TPSA) is 117 Å². The summed E-state index contributed by atoms with van der Waals surface area (Å²) in [7, 11) is 0. The van der Waals surface area contributed by atoms with E-state index in [0.29, 0.717) is 5.75 Å². The summed E-state index contributed by atoms with van der Waals surface area (Å²) >= 11 is 0. The molecule has 1 amide bonds. The highest BCUT2D eigenvalue weighted by Crippen LogP contribution is 2.26. The van der Waals surface area contributed by atoms with E-state index in [1.54, 1.807) is 27.7 Å². The van der Waals surface area contributed by atoms with Gasteiger partial charge in [-0.1, -0.05) is 30.3 Å². The van der Waals surface area contributed by atoms with E-state index in [9.17, 15) is 19.7 Å². The van der Waals surface area contributed by atoms with Crippen molar-refractivity contribution >= 4 is 17.7 Å². The van der Waals surface area contributed by atoms with Crippen molar-refractivity contribution in [2.24, 2.45) is 0 Å². The van der Waals surface area contributed by atoms with Crippen molar-refractivity contribution in [1.82, 2.24) is 5.32 Å². The van der Waals surface area contributed by atoms with Gasteiger partial charge < -0.3 is 19.5 Å². The van der Waals surface area contributed by atoms with Gasteiger partial charge in [0, 0.05) is 18.1 Å². The van der Waals surface area contributed by atoms with Gasteiger partial charge in [0.25, 0.3) is 5.69 Å². The van der Waals surface area contributed by atoms with Crippen molar-refractivity contribution < 1.29 is 28.7 Å². The molecule has 9 heteroatoms. The molecule has 0 fully saturated rings. The maximum absolute atomic E-state index is 12.4. The SMILES string of the molecule is CCOC(=O)C(Cc1cc(OCc2ccccc2)ccc1[N+](=O)[O-])NC(=O)OC(C)(C)C. The van der Waals surface area contributed by atoms with Gasteiger partial charge in [-0.2, -0.15) is 0 Å². The Hall–Kier alpha value is -3.62. The monoisotopic (exact) mass is 444 g/mol. The lowest BCUT2D eigenvalue weighted by Crippen LogP contribution is -2.45. The molecule has 0 spiro atoms. The van der Waals surface area contributed by atoms with Crippen LogP contribution in [0.5, 0.6) is 5.75 Å². The number of hydrogen-bond acceptors (Lipinski definition) is 7.